The maximum atomic E-state index is 2.70. The molecule has 0 N–H and O–H groups in total. The molecule has 2 atom stereocenters. The standard InChI is InChI=1S/C19H23NS/c1-15-13-21-14-16(2)20(15)19(17-9-5-3-6-10-17)18-11-7-4-8-12-18/h3-12,15-16,19H,13-14H2,1-2H3/t15-,16-/m1/s1. The van der Waals surface area contributed by atoms with Crippen molar-refractivity contribution in [2.45, 2.75) is 32.0 Å². The molecule has 1 aliphatic heterocycles. The quantitative estimate of drug-likeness (QED) is 0.814. The van der Waals surface area contributed by atoms with Crippen LogP contribution in [0, 0.1) is 0 Å². The summed E-state index contributed by atoms with van der Waals surface area (Å²) in [5.74, 6) is 2.45. The van der Waals surface area contributed by atoms with Crippen LogP contribution in [-0.2, 0) is 0 Å². The molecule has 2 aromatic rings. The predicted molar refractivity (Wildman–Crippen MR) is 92.8 cm³/mol. The van der Waals surface area contributed by atoms with Gasteiger partial charge in [-0.2, -0.15) is 11.8 Å². The molecule has 1 aliphatic rings. The highest BCUT2D eigenvalue weighted by molar-refractivity contribution is 7.99. The molecule has 0 saturated carbocycles. The molecular weight excluding hydrogens is 274 g/mol. The van der Waals surface area contributed by atoms with E-state index in [0.717, 1.165) is 0 Å². The Hall–Kier alpha value is -1.25. The average Bonchev–Trinajstić information content (AvgIpc) is 2.53. The van der Waals surface area contributed by atoms with Gasteiger partial charge in [0, 0.05) is 23.6 Å². The van der Waals surface area contributed by atoms with E-state index in [2.05, 4.69) is 91.2 Å². The topological polar surface area (TPSA) is 3.24 Å². The molecule has 1 heterocycles. The van der Waals surface area contributed by atoms with Crippen LogP contribution < -0.4 is 0 Å². The third-order valence-electron chi connectivity index (χ3n) is 4.26. The highest BCUT2D eigenvalue weighted by Gasteiger charge is 2.33. The highest BCUT2D eigenvalue weighted by Crippen LogP contribution is 2.35. The van der Waals surface area contributed by atoms with E-state index in [-0.39, 0.29) is 0 Å². The first-order chi connectivity index (χ1) is 10.3. The molecule has 0 bridgehead atoms. The second kappa shape index (κ2) is 6.67. The molecule has 0 aromatic heterocycles. The lowest BCUT2D eigenvalue weighted by Gasteiger charge is -2.44. The Balaban J connectivity index is 2.04. The van der Waals surface area contributed by atoms with Gasteiger partial charge in [0.25, 0.3) is 0 Å². The molecule has 21 heavy (non-hydrogen) atoms. The lowest BCUT2D eigenvalue weighted by molar-refractivity contribution is 0.133. The zero-order chi connectivity index (χ0) is 14.7. The highest BCUT2D eigenvalue weighted by atomic mass is 32.2. The van der Waals surface area contributed by atoms with E-state index in [0.29, 0.717) is 18.1 Å². The van der Waals surface area contributed by atoms with Crippen LogP contribution in [0.1, 0.15) is 31.0 Å². The minimum atomic E-state index is 0.360. The molecule has 0 radical (unpaired) electrons. The van der Waals surface area contributed by atoms with E-state index in [9.17, 15) is 0 Å². The maximum absolute atomic E-state index is 2.70. The molecule has 0 aliphatic carbocycles. The van der Waals surface area contributed by atoms with Crippen LogP contribution in [0.4, 0.5) is 0 Å². The van der Waals surface area contributed by atoms with Gasteiger partial charge in [0.1, 0.15) is 0 Å². The van der Waals surface area contributed by atoms with Crippen molar-refractivity contribution >= 4 is 11.8 Å². The van der Waals surface area contributed by atoms with E-state index in [1.165, 1.54) is 22.6 Å². The molecule has 3 rings (SSSR count). The van der Waals surface area contributed by atoms with Crippen molar-refractivity contribution in [3.05, 3.63) is 71.8 Å². The van der Waals surface area contributed by atoms with Crippen molar-refractivity contribution in [1.29, 1.82) is 0 Å². The first-order valence-electron chi connectivity index (χ1n) is 7.72. The number of hydrogen-bond acceptors (Lipinski definition) is 2. The van der Waals surface area contributed by atoms with Gasteiger partial charge in [0.05, 0.1) is 6.04 Å². The van der Waals surface area contributed by atoms with Gasteiger partial charge in [-0.15, -0.1) is 0 Å². The minimum Gasteiger partial charge on any atom is -0.285 e. The van der Waals surface area contributed by atoms with E-state index in [4.69, 9.17) is 0 Å². The molecule has 110 valence electrons. The summed E-state index contributed by atoms with van der Waals surface area (Å²) in [7, 11) is 0. The van der Waals surface area contributed by atoms with Gasteiger partial charge < -0.3 is 0 Å². The van der Waals surface area contributed by atoms with Crippen molar-refractivity contribution in [3.8, 4) is 0 Å². The molecule has 1 fully saturated rings. The van der Waals surface area contributed by atoms with Crippen molar-refractivity contribution in [3.63, 3.8) is 0 Å². The fourth-order valence-electron chi connectivity index (χ4n) is 3.33. The SMILES string of the molecule is C[C@@H]1CSC[C@@H](C)N1C(c1ccccc1)c1ccccc1. The fraction of sp³-hybridized carbons (Fsp3) is 0.368. The first-order valence-corrected chi connectivity index (χ1v) is 8.88. The predicted octanol–water partition coefficient (Wildman–Crippen LogP) is 4.60. The third kappa shape index (κ3) is 3.17. The lowest BCUT2D eigenvalue weighted by Crippen LogP contribution is -2.48. The first kappa shape index (κ1) is 14.7. The fourth-order valence-corrected chi connectivity index (χ4v) is 4.49. The van der Waals surface area contributed by atoms with Gasteiger partial charge in [-0.3, -0.25) is 4.90 Å². The van der Waals surface area contributed by atoms with Crippen molar-refractivity contribution in [2.24, 2.45) is 0 Å². The summed E-state index contributed by atoms with van der Waals surface area (Å²) in [6.07, 6.45) is 0. The number of rotatable bonds is 3. The van der Waals surface area contributed by atoms with Crippen LogP contribution in [0.15, 0.2) is 60.7 Å². The Morgan fingerprint density at radius 3 is 1.67 bits per heavy atom. The van der Waals surface area contributed by atoms with E-state index >= 15 is 0 Å². The summed E-state index contributed by atoms with van der Waals surface area (Å²) < 4.78 is 0. The number of thioether (sulfide) groups is 1. The maximum Gasteiger partial charge on any atom is 0.0607 e. The van der Waals surface area contributed by atoms with Crippen LogP contribution in [0.3, 0.4) is 0 Å². The van der Waals surface area contributed by atoms with Gasteiger partial charge >= 0.3 is 0 Å². The lowest BCUT2D eigenvalue weighted by atomic mass is 9.94. The monoisotopic (exact) mass is 297 g/mol. The van der Waals surface area contributed by atoms with Crippen LogP contribution in [-0.4, -0.2) is 28.5 Å². The number of benzene rings is 2. The molecule has 0 spiro atoms. The third-order valence-corrected chi connectivity index (χ3v) is 5.70. The molecule has 1 nitrogen and oxygen atoms in total. The molecule has 0 unspecified atom stereocenters. The van der Waals surface area contributed by atoms with Gasteiger partial charge in [0.15, 0.2) is 0 Å². The van der Waals surface area contributed by atoms with Crippen LogP contribution >= 0.6 is 11.8 Å². The smallest absolute Gasteiger partial charge is 0.0607 e. The molecule has 2 heteroatoms. The Bertz CT molecular complexity index is 505. The summed E-state index contributed by atoms with van der Waals surface area (Å²) >= 11 is 2.08. The van der Waals surface area contributed by atoms with E-state index < -0.39 is 0 Å². The van der Waals surface area contributed by atoms with Crippen molar-refractivity contribution in [2.75, 3.05) is 11.5 Å². The van der Waals surface area contributed by atoms with Crippen molar-refractivity contribution < 1.29 is 0 Å². The van der Waals surface area contributed by atoms with E-state index in [1.807, 2.05) is 0 Å². The summed E-state index contributed by atoms with van der Waals surface area (Å²) in [5.41, 5.74) is 2.80. The molecular formula is C19H23NS. The summed E-state index contributed by atoms with van der Waals surface area (Å²) in [6.45, 7) is 4.73. The van der Waals surface area contributed by atoms with Crippen LogP contribution in [0.25, 0.3) is 0 Å². The number of nitrogens with zero attached hydrogens (tertiary/aromatic N) is 1. The Morgan fingerprint density at radius 1 is 0.810 bits per heavy atom. The summed E-state index contributed by atoms with van der Waals surface area (Å²) in [5, 5.41) is 0. The second-order valence-corrected chi connectivity index (χ2v) is 6.98. The van der Waals surface area contributed by atoms with Gasteiger partial charge in [-0.1, -0.05) is 60.7 Å². The second-order valence-electron chi connectivity index (χ2n) is 5.91. The zero-order valence-corrected chi connectivity index (χ0v) is 13.6. The summed E-state index contributed by atoms with van der Waals surface area (Å²) in [6, 6.07) is 23.4. The van der Waals surface area contributed by atoms with Gasteiger partial charge in [-0.25, -0.2) is 0 Å². The largest absolute Gasteiger partial charge is 0.285 e. The van der Waals surface area contributed by atoms with Crippen LogP contribution in [0.2, 0.25) is 0 Å². The molecule has 1 saturated heterocycles. The summed E-state index contributed by atoms with van der Waals surface area (Å²) in [4.78, 5) is 2.70. The van der Waals surface area contributed by atoms with Crippen molar-refractivity contribution in [1.82, 2.24) is 4.90 Å². The average molecular weight is 297 g/mol. The van der Waals surface area contributed by atoms with E-state index in [1.54, 1.807) is 0 Å². The zero-order valence-electron chi connectivity index (χ0n) is 12.8. The van der Waals surface area contributed by atoms with Gasteiger partial charge in [0.2, 0.25) is 0 Å². The Kier molecular flexibility index (Phi) is 4.67. The number of hydrogen-bond donors (Lipinski definition) is 0. The Morgan fingerprint density at radius 2 is 1.24 bits per heavy atom. The molecule has 0 amide bonds. The Labute approximate surface area is 132 Å². The van der Waals surface area contributed by atoms with Gasteiger partial charge in [-0.05, 0) is 25.0 Å². The molecule has 2 aromatic carbocycles. The minimum absolute atomic E-state index is 0.360. The van der Waals surface area contributed by atoms with Crippen LogP contribution in [0.5, 0.6) is 0 Å². The normalized spacial score (nSPS) is 23.4.